The molecule has 19 heavy (non-hydrogen) atoms. The van der Waals surface area contributed by atoms with Gasteiger partial charge in [-0.25, -0.2) is 4.98 Å². The molecule has 0 aliphatic heterocycles. The number of nitrogens with two attached hydrogens (primary N) is 1. The first-order chi connectivity index (χ1) is 9.24. The van der Waals surface area contributed by atoms with E-state index in [1.54, 1.807) is 0 Å². The topological polar surface area (TPSA) is 43.8 Å². The van der Waals surface area contributed by atoms with Crippen LogP contribution in [0.1, 0.15) is 76.4 Å². The zero-order valence-corrected chi connectivity index (χ0v) is 12.5. The molecule has 1 heterocycles. The fraction of sp³-hybridized carbons (Fsp3) is 0.812. The van der Waals surface area contributed by atoms with E-state index < -0.39 is 0 Å². The molecule has 0 saturated heterocycles. The van der Waals surface area contributed by atoms with Gasteiger partial charge in [-0.2, -0.15) is 0 Å². The molecule has 108 valence electrons. The van der Waals surface area contributed by atoms with Crippen LogP contribution in [0.25, 0.3) is 0 Å². The van der Waals surface area contributed by atoms with Crippen LogP contribution in [0.2, 0.25) is 0 Å². The van der Waals surface area contributed by atoms with E-state index in [0.717, 1.165) is 6.54 Å². The van der Waals surface area contributed by atoms with Gasteiger partial charge in [0.2, 0.25) is 0 Å². The molecule has 0 radical (unpaired) electrons. The van der Waals surface area contributed by atoms with Gasteiger partial charge in [0.05, 0.1) is 6.33 Å². The highest BCUT2D eigenvalue weighted by Crippen LogP contribution is 2.31. The van der Waals surface area contributed by atoms with Crippen LogP contribution >= 0.6 is 0 Å². The summed E-state index contributed by atoms with van der Waals surface area (Å²) in [7, 11) is 0. The predicted molar refractivity (Wildman–Crippen MR) is 80.2 cm³/mol. The van der Waals surface area contributed by atoms with E-state index in [1.807, 2.05) is 12.5 Å². The summed E-state index contributed by atoms with van der Waals surface area (Å²) < 4.78 is 2.43. The van der Waals surface area contributed by atoms with E-state index >= 15 is 0 Å². The number of nitrogens with zero attached hydrogens (tertiary/aromatic N) is 2. The maximum absolute atomic E-state index is 5.98. The zero-order chi connectivity index (χ0) is 13.7. The number of rotatable bonds is 4. The average molecular weight is 263 g/mol. The van der Waals surface area contributed by atoms with Crippen LogP contribution in [0.4, 0.5) is 0 Å². The van der Waals surface area contributed by atoms with E-state index in [-0.39, 0.29) is 0 Å². The van der Waals surface area contributed by atoms with E-state index in [1.165, 1.54) is 50.6 Å². The van der Waals surface area contributed by atoms with Crippen LogP contribution in [-0.2, 0) is 0 Å². The molecular formula is C16H29N3. The van der Waals surface area contributed by atoms with Crippen molar-refractivity contribution in [1.82, 2.24) is 9.55 Å². The van der Waals surface area contributed by atoms with Crippen molar-refractivity contribution in [3.8, 4) is 0 Å². The Labute approximate surface area is 117 Å². The van der Waals surface area contributed by atoms with Crippen LogP contribution in [0.3, 0.4) is 0 Å². The molecule has 0 bridgehead atoms. The highest BCUT2D eigenvalue weighted by Gasteiger charge is 2.22. The Morgan fingerprint density at radius 1 is 1.21 bits per heavy atom. The maximum Gasteiger partial charge on any atom is 0.0950 e. The minimum atomic E-state index is 0.438. The Morgan fingerprint density at radius 2 is 1.84 bits per heavy atom. The van der Waals surface area contributed by atoms with Gasteiger partial charge in [0.15, 0.2) is 0 Å². The van der Waals surface area contributed by atoms with Gasteiger partial charge in [0.1, 0.15) is 0 Å². The third-order valence-corrected chi connectivity index (χ3v) is 4.60. The second kappa shape index (κ2) is 7.09. The summed E-state index contributed by atoms with van der Waals surface area (Å²) in [4.78, 5) is 4.41. The molecule has 3 nitrogen and oxygen atoms in total. The van der Waals surface area contributed by atoms with Gasteiger partial charge in [-0.05, 0) is 18.8 Å². The predicted octanol–water partition coefficient (Wildman–Crippen LogP) is 3.87. The van der Waals surface area contributed by atoms with Gasteiger partial charge in [0, 0.05) is 30.4 Å². The van der Waals surface area contributed by atoms with Gasteiger partial charge >= 0.3 is 0 Å². The Hall–Kier alpha value is -0.830. The number of imidazole rings is 1. The first kappa shape index (κ1) is 14.6. The second-order valence-corrected chi connectivity index (χ2v) is 6.31. The number of hydrogen-bond donors (Lipinski definition) is 1. The molecule has 3 heteroatoms. The van der Waals surface area contributed by atoms with Gasteiger partial charge in [-0.15, -0.1) is 0 Å². The summed E-state index contributed by atoms with van der Waals surface area (Å²) in [5, 5.41) is 0. The van der Waals surface area contributed by atoms with Crippen molar-refractivity contribution in [2.75, 3.05) is 6.54 Å². The fourth-order valence-electron chi connectivity index (χ4n) is 3.35. The van der Waals surface area contributed by atoms with E-state index in [0.29, 0.717) is 17.9 Å². The monoisotopic (exact) mass is 263 g/mol. The third-order valence-electron chi connectivity index (χ3n) is 4.60. The molecule has 1 unspecified atom stereocenters. The molecule has 0 spiro atoms. The normalized spacial score (nSPS) is 20.2. The van der Waals surface area contributed by atoms with E-state index in [4.69, 9.17) is 5.73 Å². The SMILES string of the molecule is CC(C)C(CN)c1cncn1C1CCCCCCC1. The molecule has 1 saturated carbocycles. The molecule has 1 aliphatic carbocycles. The lowest BCUT2D eigenvalue weighted by Crippen LogP contribution is -2.23. The van der Waals surface area contributed by atoms with Gasteiger partial charge in [0.25, 0.3) is 0 Å². The zero-order valence-electron chi connectivity index (χ0n) is 12.5. The summed E-state index contributed by atoms with van der Waals surface area (Å²) >= 11 is 0. The molecule has 1 aromatic rings. The standard InChI is InChI=1S/C16H29N3/c1-13(2)15(10-17)16-11-18-12-19(16)14-8-6-4-3-5-7-9-14/h11-15H,3-10,17H2,1-2H3. The summed E-state index contributed by atoms with van der Waals surface area (Å²) in [6, 6.07) is 0.644. The van der Waals surface area contributed by atoms with Crippen LogP contribution in [0.5, 0.6) is 0 Å². The Kier molecular flexibility index (Phi) is 5.44. The molecular weight excluding hydrogens is 234 g/mol. The lowest BCUT2D eigenvalue weighted by Gasteiger charge is -2.27. The summed E-state index contributed by atoms with van der Waals surface area (Å²) in [5.74, 6) is 1.02. The molecule has 0 aromatic carbocycles. The number of hydrogen-bond acceptors (Lipinski definition) is 2. The van der Waals surface area contributed by atoms with Crippen molar-refractivity contribution < 1.29 is 0 Å². The quantitative estimate of drug-likeness (QED) is 0.896. The second-order valence-electron chi connectivity index (χ2n) is 6.31. The molecule has 1 fully saturated rings. The van der Waals surface area contributed by atoms with Crippen molar-refractivity contribution in [2.45, 2.75) is 70.8 Å². The van der Waals surface area contributed by atoms with Crippen LogP contribution in [0.15, 0.2) is 12.5 Å². The van der Waals surface area contributed by atoms with Crippen molar-refractivity contribution in [1.29, 1.82) is 0 Å². The molecule has 1 atom stereocenters. The van der Waals surface area contributed by atoms with Crippen molar-refractivity contribution in [3.63, 3.8) is 0 Å². The molecule has 2 rings (SSSR count). The lowest BCUT2D eigenvalue weighted by atomic mass is 9.91. The minimum absolute atomic E-state index is 0.438. The highest BCUT2D eigenvalue weighted by atomic mass is 15.1. The number of aromatic nitrogens is 2. The van der Waals surface area contributed by atoms with E-state index in [2.05, 4.69) is 23.4 Å². The first-order valence-corrected chi connectivity index (χ1v) is 7.95. The van der Waals surface area contributed by atoms with Gasteiger partial charge < -0.3 is 10.3 Å². The summed E-state index contributed by atoms with van der Waals surface area (Å²) in [6.45, 7) is 5.23. The van der Waals surface area contributed by atoms with Gasteiger partial charge in [-0.1, -0.05) is 46.0 Å². The molecule has 2 N–H and O–H groups in total. The average Bonchev–Trinajstić information content (AvgIpc) is 2.78. The Balaban J connectivity index is 2.16. The summed E-state index contributed by atoms with van der Waals surface area (Å²) in [6.07, 6.45) is 13.6. The van der Waals surface area contributed by atoms with Crippen LogP contribution < -0.4 is 5.73 Å². The van der Waals surface area contributed by atoms with Crippen molar-refractivity contribution in [3.05, 3.63) is 18.2 Å². The summed E-state index contributed by atoms with van der Waals surface area (Å²) in [5.41, 5.74) is 7.33. The minimum Gasteiger partial charge on any atom is -0.331 e. The highest BCUT2D eigenvalue weighted by molar-refractivity contribution is 5.09. The lowest BCUT2D eigenvalue weighted by molar-refractivity contribution is 0.351. The molecule has 1 aromatic heterocycles. The van der Waals surface area contributed by atoms with Crippen LogP contribution in [-0.4, -0.2) is 16.1 Å². The smallest absolute Gasteiger partial charge is 0.0950 e. The van der Waals surface area contributed by atoms with E-state index in [9.17, 15) is 0 Å². The van der Waals surface area contributed by atoms with Crippen molar-refractivity contribution >= 4 is 0 Å². The Bertz CT molecular complexity index is 362. The van der Waals surface area contributed by atoms with Crippen LogP contribution in [0, 0.1) is 5.92 Å². The molecule has 0 amide bonds. The fourth-order valence-corrected chi connectivity index (χ4v) is 3.35. The first-order valence-electron chi connectivity index (χ1n) is 7.95. The largest absolute Gasteiger partial charge is 0.331 e. The maximum atomic E-state index is 5.98. The molecule has 1 aliphatic rings. The Morgan fingerprint density at radius 3 is 2.42 bits per heavy atom. The van der Waals surface area contributed by atoms with Gasteiger partial charge in [-0.3, -0.25) is 0 Å². The van der Waals surface area contributed by atoms with Crippen molar-refractivity contribution in [2.24, 2.45) is 11.7 Å². The third kappa shape index (κ3) is 3.59.